The number of hydrogen-bond acceptors (Lipinski definition) is 3. The van der Waals surface area contributed by atoms with Gasteiger partial charge < -0.3 is 4.74 Å². The Kier molecular flexibility index (Phi) is 6.42. The number of benzene rings is 2. The molecule has 0 aliphatic carbocycles. The smallest absolute Gasteiger partial charge is 0.123 e. The van der Waals surface area contributed by atoms with Gasteiger partial charge in [-0.1, -0.05) is 19.8 Å². The monoisotopic (exact) mass is 300 g/mol. The number of nitrogens with zero attached hydrogens (tertiary/aromatic N) is 1. The van der Waals surface area contributed by atoms with Crippen molar-refractivity contribution >= 4 is 11.9 Å². The maximum absolute atomic E-state index is 12.8. The van der Waals surface area contributed by atoms with Crippen LogP contribution in [0.5, 0.6) is 5.75 Å². The second-order valence-electron chi connectivity index (χ2n) is 5.00. The Balaban J connectivity index is 1.80. The number of ether oxygens (including phenoxy) is 1. The van der Waals surface area contributed by atoms with E-state index in [0.717, 1.165) is 30.0 Å². The molecule has 3 nitrogen and oxygen atoms in total. The van der Waals surface area contributed by atoms with E-state index in [4.69, 9.17) is 4.74 Å². The van der Waals surface area contributed by atoms with Crippen LogP contribution >= 0.6 is 0 Å². The summed E-state index contributed by atoms with van der Waals surface area (Å²) in [4.78, 5) is 0. The van der Waals surface area contributed by atoms with Crippen LogP contribution in [0.3, 0.4) is 0 Å². The summed E-state index contributed by atoms with van der Waals surface area (Å²) in [6.45, 7) is 2.93. The van der Waals surface area contributed by atoms with Gasteiger partial charge in [-0.3, -0.25) is 5.43 Å². The lowest BCUT2D eigenvalue weighted by atomic mass is 10.2. The van der Waals surface area contributed by atoms with Crippen LogP contribution in [0.2, 0.25) is 0 Å². The number of hydrazone groups is 1. The molecule has 0 radical (unpaired) electrons. The third kappa shape index (κ3) is 5.56. The van der Waals surface area contributed by atoms with E-state index in [-0.39, 0.29) is 5.82 Å². The average Bonchev–Trinajstić information content (AvgIpc) is 2.55. The summed E-state index contributed by atoms with van der Waals surface area (Å²) >= 11 is 0. The highest BCUT2D eigenvalue weighted by Crippen LogP contribution is 2.12. The van der Waals surface area contributed by atoms with Crippen LogP contribution in [0.15, 0.2) is 53.6 Å². The fraction of sp³-hybridized carbons (Fsp3) is 0.278. The lowest BCUT2D eigenvalue weighted by Gasteiger charge is -2.05. The molecule has 4 heteroatoms. The minimum absolute atomic E-state index is 0.260. The van der Waals surface area contributed by atoms with Crippen molar-refractivity contribution in [3.8, 4) is 5.75 Å². The maximum atomic E-state index is 12.8. The van der Waals surface area contributed by atoms with Crippen molar-refractivity contribution in [2.24, 2.45) is 5.10 Å². The van der Waals surface area contributed by atoms with Crippen LogP contribution in [0.25, 0.3) is 0 Å². The lowest BCUT2D eigenvalue weighted by molar-refractivity contribution is 0.306. The van der Waals surface area contributed by atoms with Gasteiger partial charge in [-0.05, 0) is 60.5 Å². The van der Waals surface area contributed by atoms with Crippen LogP contribution in [0.4, 0.5) is 10.1 Å². The number of anilines is 1. The minimum atomic E-state index is -0.260. The quantitative estimate of drug-likeness (QED) is 0.430. The van der Waals surface area contributed by atoms with Crippen LogP contribution in [0, 0.1) is 5.82 Å². The summed E-state index contributed by atoms with van der Waals surface area (Å²) in [6, 6.07) is 13.8. The van der Waals surface area contributed by atoms with Gasteiger partial charge in [-0.25, -0.2) is 4.39 Å². The molecule has 0 bridgehead atoms. The van der Waals surface area contributed by atoms with Crippen LogP contribution in [0.1, 0.15) is 31.7 Å². The molecule has 1 N–H and O–H groups in total. The SMILES string of the molecule is CCCCCOc1ccc(/C=N/Nc2ccc(F)cc2)cc1. The summed E-state index contributed by atoms with van der Waals surface area (Å²) in [5.41, 5.74) is 4.57. The maximum Gasteiger partial charge on any atom is 0.123 e. The van der Waals surface area contributed by atoms with E-state index in [1.807, 2.05) is 24.3 Å². The predicted molar refractivity (Wildman–Crippen MR) is 89.1 cm³/mol. The second kappa shape index (κ2) is 8.82. The Morgan fingerprint density at radius 2 is 1.77 bits per heavy atom. The van der Waals surface area contributed by atoms with Gasteiger partial charge in [0, 0.05) is 0 Å². The molecule has 2 aromatic carbocycles. The van der Waals surface area contributed by atoms with Crippen molar-refractivity contribution < 1.29 is 9.13 Å². The van der Waals surface area contributed by atoms with Crippen molar-refractivity contribution in [2.75, 3.05) is 12.0 Å². The van der Waals surface area contributed by atoms with Crippen LogP contribution in [-0.2, 0) is 0 Å². The number of hydrogen-bond donors (Lipinski definition) is 1. The van der Waals surface area contributed by atoms with Crippen molar-refractivity contribution in [2.45, 2.75) is 26.2 Å². The molecule has 0 atom stereocenters. The van der Waals surface area contributed by atoms with Gasteiger partial charge in [0.1, 0.15) is 11.6 Å². The van der Waals surface area contributed by atoms with Crippen molar-refractivity contribution in [1.29, 1.82) is 0 Å². The molecule has 2 rings (SSSR count). The number of unbranched alkanes of at least 4 members (excludes halogenated alkanes) is 2. The highest BCUT2D eigenvalue weighted by Gasteiger charge is 1.95. The first-order valence-corrected chi connectivity index (χ1v) is 7.55. The molecule has 0 heterocycles. The summed E-state index contributed by atoms with van der Waals surface area (Å²) in [5, 5.41) is 4.12. The Labute approximate surface area is 130 Å². The van der Waals surface area contributed by atoms with Crippen molar-refractivity contribution in [3.63, 3.8) is 0 Å². The first-order chi connectivity index (χ1) is 10.8. The molecule has 116 valence electrons. The van der Waals surface area contributed by atoms with Gasteiger partial charge in [0.05, 0.1) is 18.5 Å². The molecule has 0 saturated heterocycles. The number of rotatable bonds is 8. The molecular formula is C18H21FN2O. The van der Waals surface area contributed by atoms with Gasteiger partial charge in [0.15, 0.2) is 0 Å². The molecule has 0 aliphatic rings. The van der Waals surface area contributed by atoms with Gasteiger partial charge >= 0.3 is 0 Å². The highest BCUT2D eigenvalue weighted by atomic mass is 19.1. The third-order valence-corrected chi connectivity index (χ3v) is 3.15. The van der Waals surface area contributed by atoms with Gasteiger partial charge in [0.25, 0.3) is 0 Å². The van der Waals surface area contributed by atoms with Crippen LogP contribution in [-0.4, -0.2) is 12.8 Å². The summed E-state index contributed by atoms with van der Waals surface area (Å²) in [5.74, 6) is 0.615. The average molecular weight is 300 g/mol. The van der Waals surface area contributed by atoms with E-state index in [9.17, 15) is 4.39 Å². The first-order valence-electron chi connectivity index (χ1n) is 7.55. The van der Waals surface area contributed by atoms with E-state index < -0.39 is 0 Å². The van der Waals surface area contributed by atoms with E-state index in [2.05, 4.69) is 17.5 Å². The fourth-order valence-electron chi connectivity index (χ4n) is 1.90. The molecular weight excluding hydrogens is 279 g/mol. The molecule has 0 fully saturated rings. The van der Waals surface area contributed by atoms with E-state index in [1.54, 1.807) is 18.3 Å². The zero-order valence-electron chi connectivity index (χ0n) is 12.8. The first kappa shape index (κ1) is 16.0. The largest absolute Gasteiger partial charge is 0.494 e. The molecule has 0 spiro atoms. The Morgan fingerprint density at radius 3 is 2.45 bits per heavy atom. The van der Waals surface area contributed by atoms with Crippen molar-refractivity contribution in [1.82, 2.24) is 0 Å². The normalized spacial score (nSPS) is 10.8. The van der Waals surface area contributed by atoms with Gasteiger partial charge in [-0.15, -0.1) is 0 Å². The van der Waals surface area contributed by atoms with E-state index in [1.165, 1.54) is 25.0 Å². The van der Waals surface area contributed by atoms with Crippen molar-refractivity contribution in [3.05, 3.63) is 59.9 Å². The molecule has 0 amide bonds. The Morgan fingerprint density at radius 1 is 1.05 bits per heavy atom. The summed E-state index contributed by atoms with van der Waals surface area (Å²) < 4.78 is 18.4. The zero-order chi connectivity index (χ0) is 15.6. The minimum Gasteiger partial charge on any atom is -0.494 e. The topological polar surface area (TPSA) is 33.6 Å². The van der Waals surface area contributed by atoms with Gasteiger partial charge in [-0.2, -0.15) is 5.10 Å². The molecule has 0 aromatic heterocycles. The molecule has 0 unspecified atom stereocenters. The highest BCUT2D eigenvalue weighted by molar-refractivity contribution is 5.80. The van der Waals surface area contributed by atoms with E-state index in [0.29, 0.717) is 0 Å². The second-order valence-corrected chi connectivity index (χ2v) is 5.00. The zero-order valence-corrected chi connectivity index (χ0v) is 12.8. The predicted octanol–water partition coefficient (Wildman–Crippen LogP) is 4.84. The molecule has 0 saturated carbocycles. The molecule has 2 aromatic rings. The molecule has 22 heavy (non-hydrogen) atoms. The third-order valence-electron chi connectivity index (χ3n) is 3.15. The number of halogens is 1. The summed E-state index contributed by atoms with van der Waals surface area (Å²) in [7, 11) is 0. The molecule has 0 aliphatic heterocycles. The standard InChI is InChI=1S/C18H21FN2O/c1-2-3-4-13-22-18-11-5-15(6-12-18)14-20-21-17-9-7-16(19)8-10-17/h5-12,14,21H,2-4,13H2,1H3/b20-14+. The van der Waals surface area contributed by atoms with Crippen LogP contribution < -0.4 is 10.2 Å². The van der Waals surface area contributed by atoms with Gasteiger partial charge in [0.2, 0.25) is 0 Å². The Hall–Kier alpha value is -2.36. The lowest BCUT2D eigenvalue weighted by Crippen LogP contribution is -1.97. The number of nitrogens with one attached hydrogen (secondary N) is 1. The summed E-state index contributed by atoms with van der Waals surface area (Å²) in [6.07, 6.45) is 5.19. The fourth-order valence-corrected chi connectivity index (χ4v) is 1.90. The van der Waals surface area contributed by atoms with E-state index >= 15 is 0 Å². The Bertz CT molecular complexity index is 579.